The average molecular weight is 431 g/mol. The van der Waals surface area contributed by atoms with Gasteiger partial charge in [0.15, 0.2) is 5.58 Å². The van der Waals surface area contributed by atoms with Gasteiger partial charge in [-0.05, 0) is 25.3 Å². The van der Waals surface area contributed by atoms with Gasteiger partial charge in [0.2, 0.25) is 11.0 Å². The number of nitro benzene ring substituents is 1. The van der Waals surface area contributed by atoms with E-state index in [-0.39, 0.29) is 30.1 Å². The molecule has 1 aliphatic rings. The molecule has 0 atom stereocenters. The van der Waals surface area contributed by atoms with E-state index in [4.69, 9.17) is 4.42 Å². The molecule has 1 N–H and O–H groups in total. The Morgan fingerprint density at radius 2 is 2.10 bits per heavy atom. The number of carbonyl (C=O) groups excluding carboxylic acids is 1. The number of benzene rings is 1. The Morgan fingerprint density at radius 3 is 2.87 bits per heavy atom. The van der Waals surface area contributed by atoms with Crippen molar-refractivity contribution in [2.75, 3.05) is 5.32 Å². The molecule has 3 aromatic rings. The van der Waals surface area contributed by atoms with Crippen molar-refractivity contribution in [1.82, 2.24) is 14.8 Å². The zero-order chi connectivity index (χ0) is 21.1. The molecule has 1 aromatic carbocycles. The van der Waals surface area contributed by atoms with Crippen LogP contribution >= 0.6 is 11.3 Å². The minimum atomic E-state index is -0.604. The summed E-state index contributed by atoms with van der Waals surface area (Å²) in [5, 5.41) is 23.4. The van der Waals surface area contributed by atoms with E-state index < -0.39 is 10.7 Å². The number of nitrogens with zero attached hydrogens (tertiary/aromatic N) is 4. The summed E-state index contributed by atoms with van der Waals surface area (Å²) in [5.74, 6) is -0.357. The number of fused-ring (bicyclic) bond motifs is 1. The third kappa shape index (κ3) is 4.40. The second-order valence-electron chi connectivity index (χ2n) is 7.36. The summed E-state index contributed by atoms with van der Waals surface area (Å²) in [6.45, 7) is 0.264. The summed E-state index contributed by atoms with van der Waals surface area (Å²) >= 11 is 1.43. The number of nitro groups is 1. The highest BCUT2D eigenvalue weighted by molar-refractivity contribution is 7.15. The van der Waals surface area contributed by atoms with Crippen molar-refractivity contribution in [2.24, 2.45) is 0 Å². The SMILES string of the molecule is O=C(CCCn1c(=O)oc2cc([N+](=O)[O-])ccc21)Nc1nnc(C2CCCCC2)s1. The lowest BCUT2D eigenvalue weighted by Crippen LogP contribution is -2.17. The summed E-state index contributed by atoms with van der Waals surface area (Å²) in [6, 6.07) is 4.02. The molecule has 158 valence electrons. The Bertz CT molecular complexity index is 1130. The van der Waals surface area contributed by atoms with E-state index in [9.17, 15) is 19.7 Å². The van der Waals surface area contributed by atoms with E-state index >= 15 is 0 Å². The lowest BCUT2D eigenvalue weighted by atomic mass is 9.90. The van der Waals surface area contributed by atoms with Gasteiger partial charge >= 0.3 is 5.76 Å². The smallest absolute Gasteiger partial charge is 0.407 e. The number of amides is 1. The molecule has 2 heterocycles. The summed E-state index contributed by atoms with van der Waals surface area (Å²) in [5.41, 5.74) is 0.474. The van der Waals surface area contributed by atoms with Crippen LogP contribution in [0, 0.1) is 10.1 Å². The topological polar surface area (TPSA) is 133 Å². The van der Waals surface area contributed by atoms with E-state index in [1.54, 1.807) is 0 Å². The van der Waals surface area contributed by atoms with Gasteiger partial charge in [-0.2, -0.15) is 0 Å². The summed E-state index contributed by atoms with van der Waals surface area (Å²) < 4.78 is 6.46. The molecule has 0 radical (unpaired) electrons. The zero-order valence-corrected chi connectivity index (χ0v) is 17.0. The van der Waals surface area contributed by atoms with Crippen molar-refractivity contribution in [3.8, 4) is 0 Å². The van der Waals surface area contributed by atoms with E-state index in [2.05, 4.69) is 15.5 Å². The Morgan fingerprint density at radius 1 is 1.30 bits per heavy atom. The van der Waals surface area contributed by atoms with Gasteiger partial charge in [0.25, 0.3) is 5.69 Å². The van der Waals surface area contributed by atoms with Crippen molar-refractivity contribution in [2.45, 2.75) is 57.4 Å². The predicted molar refractivity (Wildman–Crippen MR) is 111 cm³/mol. The Balaban J connectivity index is 1.33. The third-order valence-electron chi connectivity index (χ3n) is 5.29. The van der Waals surface area contributed by atoms with Crippen molar-refractivity contribution in [3.63, 3.8) is 0 Å². The highest BCUT2D eigenvalue weighted by Gasteiger charge is 2.20. The second kappa shape index (κ2) is 8.74. The molecular weight excluding hydrogens is 410 g/mol. The molecule has 1 aliphatic carbocycles. The molecule has 0 unspecified atom stereocenters. The number of carbonyl (C=O) groups is 1. The number of hydrogen-bond acceptors (Lipinski definition) is 8. The molecule has 1 fully saturated rings. The molecule has 0 bridgehead atoms. The van der Waals surface area contributed by atoms with Gasteiger partial charge in [0.05, 0.1) is 16.5 Å². The quantitative estimate of drug-likeness (QED) is 0.444. The van der Waals surface area contributed by atoms with Crippen molar-refractivity contribution >= 4 is 39.2 Å². The lowest BCUT2D eigenvalue weighted by Gasteiger charge is -2.18. The normalized spacial score (nSPS) is 14.8. The van der Waals surface area contributed by atoms with E-state index in [1.807, 2.05) is 0 Å². The number of oxazole rings is 1. The van der Waals surface area contributed by atoms with Crippen LogP contribution in [-0.4, -0.2) is 25.6 Å². The average Bonchev–Trinajstić information content (AvgIpc) is 3.32. The molecule has 0 aliphatic heterocycles. The number of aryl methyl sites for hydroxylation is 1. The Hall–Kier alpha value is -3.08. The maximum atomic E-state index is 12.2. The van der Waals surface area contributed by atoms with Crippen molar-refractivity contribution in [3.05, 3.63) is 43.9 Å². The fourth-order valence-electron chi connectivity index (χ4n) is 3.76. The van der Waals surface area contributed by atoms with Gasteiger partial charge in [-0.1, -0.05) is 30.6 Å². The molecular formula is C19H21N5O5S. The monoisotopic (exact) mass is 431 g/mol. The molecule has 2 aromatic heterocycles. The Labute approximate surface area is 175 Å². The van der Waals surface area contributed by atoms with Gasteiger partial charge < -0.3 is 9.73 Å². The minimum absolute atomic E-state index is 0.146. The van der Waals surface area contributed by atoms with Crippen LogP contribution in [0.1, 0.15) is 55.9 Å². The number of anilines is 1. The fourth-order valence-corrected chi connectivity index (χ4v) is 4.69. The Kier molecular flexibility index (Phi) is 5.88. The number of non-ortho nitro benzene ring substituents is 1. The largest absolute Gasteiger partial charge is 0.419 e. The van der Waals surface area contributed by atoms with Crippen LogP contribution in [0.2, 0.25) is 0 Å². The molecule has 10 nitrogen and oxygen atoms in total. The van der Waals surface area contributed by atoms with Crippen molar-refractivity contribution < 1.29 is 14.1 Å². The van der Waals surface area contributed by atoms with Crippen LogP contribution in [0.4, 0.5) is 10.8 Å². The molecule has 0 saturated heterocycles. The first-order valence-electron chi connectivity index (χ1n) is 9.92. The van der Waals surface area contributed by atoms with Crippen LogP contribution in [0.5, 0.6) is 0 Å². The minimum Gasteiger partial charge on any atom is -0.407 e. The highest BCUT2D eigenvalue weighted by atomic mass is 32.1. The summed E-state index contributed by atoms with van der Waals surface area (Å²) in [7, 11) is 0. The molecule has 30 heavy (non-hydrogen) atoms. The number of aromatic nitrogens is 3. The third-order valence-corrected chi connectivity index (χ3v) is 6.29. The standard InChI is InChI=1S/C19H21N5O5S/c25-16(20-18-22-21-17(30-18)12-5-2-1-3-6-12)7-4-10-23-14-9-8-13(24(27)28)11-15(14)29-19(23)26/h8-9,11-12H,1-7,10H2,(H,20,22,25). The van der Waals surface area contributed by atoms with E-state index in [0.29, 0.717) is 23.0 Å². The molecule has 11 heteroatoms. The molecule has 4 rings (SSSR count). The lowest BCUT2D eigenvalue weighted by molar-refractivity contribution is -0.384. The van der Waals surface area contributed by atoms with E-state index in [1.165, 1.54) is 53.4 Å². The molecule has 0 spiro atoms. The van der Waals surface area contributed by atoms with Gasteiger partial charge in [0, 0.05) is 24.9 Å². The van der Waals surface area contributed by atoms with Crippen LogP contribution in [-0.2, 0) is 11.3 Å². The highest BCUT2D eigenvalue weighted by Crippen LogP contribution is 2.35. The van der Waals surface area contributed by atoms with Gasteiger partial charge in [-0.25, -0.2) is 4.79 Å². The first-order valence-corrected chi connectivity index (χ1v) is 10.7. The van der Waals surface area contributed by atoms with Gasteiger partial charge in [-0.15, -0.1) is 10.2 Å². The van der Waals surface area contributed by atoms with Gasteiger partial charge in [-0.3, -0.25) is 19.5 Å². The van der Waals surface area contributed by atoms with Crippen LogP contribution < -0.4 is 11.1 Å². The maximum Gasteiger partial charge on any atom is 0.419 e. The molecule has 1 amide bonds. The first-order chi connectivity index (χ1) is 14.5. The number of rotatable bonds is 7. The predicted octanol–water partition coefficient (Wildman–Crippen LogP) is 3.82. The second-order valence-corrected chi connectivity index (χ2v) is 8.37. The summed E-state index contributed by atoms with van der Waals surface area (Å²) in [4.78, 5) is 34.6. The maximum absolute atomic E-state index is 12.2. The van der Waals surface area contributed by atoms with Crippen LogP contribution in [0.15, 0.2) is 27.4 Å². The van der Waals surface area contributed by atoms with E-state index in [0.717, 1.165) is 17.8 Å². The van der Waals surface area contributed by atoms with Crippen LogP contribution in [0.25, 0.3) is 11.1 Å². The number of nitrogens with one attached hydrogen (secondary N) is 1. The first kappa shape index (κ1) is 20.2. The fraction of sp³-hybridized carbons (Fsp3) is 0.474. The van der Waals surface area contributed by atoms with Crippen molar-refractivity contribution in [1.29, 1.82) is 0 Å². The molecule has 1 saturated carbocycles. The van der Waals surface area contributed by atoms with Crippen LogP contribution in [0.3, 0.4) is 0 Å². The van der Waals surface area contributed by atoms with Gasteiger partial charge in [0.1, 0.15) is 5.01 Å². The summed E-state index contributed by atoms with van der Waals surface area (Å²) in [6.07, 6.45) is 6.54. The number of hydrogen-bond donors (Lipinski definition) is 1. The zero-order valence-electron chi connectivity index (χ0n) is 16.2.